The first kappa shape index (κ1) is 74.3. The summed E-state index contributed by atoms with van der Waals surface area (Å²) in [5.74, 6) is -0.893. The molecular weight excluding hydrogens is 961 g/mol. The highest BCUT2D eigenvalue weighted by Gasteiger charge is 2.19. The van der Waals surface area contributed by atoms with Gasteiger partial charge in [-0.2, -0.15) is 0 Å². The number of ether oxygens (including phenoxy) is 3. The van der Waals surface area contributed by atoms with Gasteiger partial charge in [-0.1, -0.05) is 285 Å². The van der Waals surface area contributed by atoms with Crippen molar-refractivity contribution < 1.29 is 28.6 Å². The van der Waals surface area contributed by atoms with E-state index in [1.54, 1.807) is 0 Å². The van der Waals surface area contributed by atoms with E-state index in [2.05, 4.69) is 118 Å². The van der Waals surface area contributed by atoms with Crippen LogP contribution in [0, 0.1) is 0 Å². The van der Waals surface area contributed by atoms with Crippen molar-refractivity contribution in [3.8, 4) is 0 Å². The third kappa shape index (κ3) is 63.2. The molecule has 0 aromatic carbocycles. The third-order valence-electron chi connectivity index (χ3n) is 14.3. The minimum atomic E-state index is -0.788. The van der Waals surface area contributed by atoms with Crippen molar-refractivity contribution in [2.45, 2.75) is 329 Å². The molecule has 0 saturated heterocycles. The lowest BCUT2D eigenvalue weighted by Crippen LogP contribution is -2.30. The van der Waals surface area contributed by atoms with Crippen LogP contribution in [-0.4, -0.2) is 37.2 Å². The van der Waals surface area contributed by atoms with Crippen molar-refractivity contribution in [2.24, 2.45) is 0 Å². The van der Waals surface area contributed by atoms with E-state index in [0.717, 1.165) is 122 Å². The van der Waals surface area contributed by atoms with Crippen LogP contribution < -0.4 is 0 Å². The normalized spacial score (nSPS) is 12.7. The molecule has 0 aliphatic heterocycles. The molecule has 0 aliphatic carbocycles. The fraction of sp³-hybridized carbons (Fsp3) is 0.736. The van der Waals surface area contributed by atoms with E-state index in [0.29, 0.717) is 19.3 Å². The standard InChI is InChI=1S/C72H124O6/c1-4-7-10-13-16-19-22-25-28-30-32-33-34-35-36-37-38-39-40-42-44-47-50-53-56-59-62-65-71(74)77-68-69(67-76-70(73)64-61-58-55-52-49-46-43-27-24-21-18-15-12-9-6-3)78-72(75)66-63-60-57-54-51-48-45-41-31-29-26-23-20-17-14-11-8-5-2/h7,9-10,12,16,18-19,21,25,27-29,31-33,43,69H,4-6,8,11,13-15,17,20,22-24,26,30,34-42,44-68H2,1-3H3/b10-7-,12-9-,19-16-,21-18-,28-25-,31-29-,33-32-,43-27-. The van der Waals surface area contributed by atoms with Crippen LogP contribution in [0.4, 0.5) is 0 Å². The van der Waals surface area contributed by atoms with Gasteiger partial charge in [0.25, 0.3) is 0 Å². The Bertz CT molecular complexity index is 1530. The molecule has 0 bridgehead atoms. The third-order valence-corrected chi connectivity index (χ3v) is 14.3. The molecular formula is C72H124O6. The van der Waals surface area contributed by atoms with E-state index in [4.69, 9.17) is 14.2 Å². The van der Waals surface area contributed by atoms with Crippen molar-refractivity contribution in [2.75, 3.05) is 13.2 Å². The number of allylic oxidation sites excluding steroid dienone is 16. The number of hydrogen-bond donors (Lipinski definition) is 0. The van der Waals surface area contributed by atoms with Gasteiger partial charge in [-0.25, -0.2) is 0 Å². The Labute approximate surface area is 483 Å². The maximum Gasteiger partial charge on any atom is 0.306 e. The Balaban J connectivity index is 4.31. The quantitative estimate of drug-likeness (QED) is 0.0261. The smallest absolute Gasteiger partial charge is 0.306 e. The van der Waals surface area contributed by atoms with E-state index in [1.165, 1.54) is 161 Å². The summed E-state index contributed by atoms with van der Waals surface area (Å²) in [4.78, 5) is 38.4. The zero-order valence-corrected chi connectivity index (χ0v) is 51.4. The number of hydrogen-bond acceptors (Lipinski definition) is 6. The number of carbonyl (C=O) groups excluding carboxylic acids is 3. The van der Waals surface area contributed by atoms with Gasteiger partial charge in [-0.3, -0.25) is 14.4 Å². The molecule has 0 aromatic heterocycles. The van der Waals surface area contributed by atoms with Crippen LogP contribution in [0.1, 0.15) is 323 Å². The number of carbonyl (C=O) groups is 3. The van der Waals surface area contributed by atoms with E-state index in [1.807, 2.05) is 0 Å². The Morgan fingerprint density at radius 1 is 0.269 bits per heavy atom. The largest absolute Gasteiger partial charge is 0.462 e. The van der Waals surface area contributed by atoms with Crippen LogP contribution in [0.15, 0.2) is 97.2 Å². The van der Waals surface area contributed by atoms with Gasteiger partial charge in [0.2, 0.25) is 0 Å². The van der Waals surface area contributed by atoms with Crippen LogP contribution >= 0.6 is 0 Å². The first-order valence-electron chi connectivity index (χ1n) is 33.2. The Morgan fingerprint density at radius 2 is 0.500 bits per heavy atom. The van der Waals surface area contributed by atoms with E-state index in [-0.39, 0.29) is 31.1 Å². The lowest BCUT2D eigenvalue weighted by molar-refractivity contribution is -0.167. The lowest BCUT2D eigenvalue weighted by Gasteiger charge is -2.18. The van der Waals surface area contributed by atoms with Gasteiger partial charge in [0, 0.05) is 19.3 Å². The topological polar surface area (TPSA) is 78.9 Å². The van der Waals surface area contributed by atoms with Crippen LogP contribution in [0.5, 0.6) is 0 Å². The zero-order chi connectivity index (χ0) is 56.4. The number of rotatable bonds is 60. The number of unbranched alkanes of at least 4 members (excludes halogenated alkanes) is 33. The molecule has 78 heavy (non-hydrogen) atoms. The Morgan fingerprint density at radius 3 is 0.795 bits per heavy atom. The van der Waals surface area contributed by atoms with Gasteiger partial charge in [0.1, 0.15) is 13.2 Å². The zero-order valence-electron chi connectivity index (χ0n) is 51.4. The molecule has 0 heterocycles. The predicted octanol–water partition coefficient (Wildman–Crippen LogP) is 22.8. The summed E-state index contributed by atoms with van der Waals surface area (Å²) in [6, 6.07) is 0. The fourth-order valence-corrected chi connectivity index (χ4v) is 9.39. The summed E-state index contributed by atoms with van der Waals surface area (Å²) in [5.41, 5.74) is 0. The lowest BCUT2D eigenvalue weighted by atomic mass is 10.0. The minimum absolute atomic E-state index is 0.0834. The van der Waals surface area contributed by atoms with Crippen LogP contribution in [0.3, 0.4) is 0 Å². The summed E-state index contributed by atoms with van der Waals surface area (Å²) in [5, 5.41) is 0. The average Bonchev–Trinajstić information content (AvgIpc) is 3.44. The summed E-state index contributed by atoms with van der Waals surface area (Å²) in [7, 11) is 0. The van der Waals surface area contributed by atoms with E-state index >= 15 is 0 Å². The molecule has 1 unspecified atom stereocenters. The molecule has 0 radical (unpaired) electrons. The Kier molecular flexibility index (Phi) is 62.7. The average molecular weight is 1090 g/mol. The van der Waals surface area contributed by atoms with Crippen LogP contribution in [0.2, 0.25) is 0 Å². The first-order valence-corrected chi connectivity index (χ1v) is 33.2. The van der Waals surface area contributed by atoms with Crippen molar-refractivity contribution in [3.05, 3.63) is 97.2 Å². The highest BCUT2D eigenvalue weighted by Crippen LogP contribution is 2.17. The SMILES string of the molecule is CC/C=C\C/C=C\C/C=C\C/C=C\CCCCCCCCCCCCCCCCC(=O)OCC(COC(=O)CCCCCCC/C=C\C/C=C\C/C=C\CC)OC(=O)CCCCCCCCC/C=C\CCCCCCCCC. The summed E-state index contributed by atoms with van der Waals surface area (Å²) >= 11 is 0. The summed E-state index contributed by atoms with van der Waals surface area (Å²) < 4.78 is 16.9. The van der Waals surface area contributed by atoms with Gasteiger partial charge in [0.05, 0.1) is 0 Å². The highest BCUT2D eigenvalue weighted by atomic mass is 16.6. The van der Waals surface area contributed by atoms with Gasteiger partial charge in [0.15, 0.2) is 6.10 Å². The fourth-order valence-electron chi connectivity index (χ4n) is 9.39. The Hall–Kier alpha value is -3.67. The van der Waals surface area contributed by atoms with Crippen molar-refractivity contribution in [3.63, 3.8) is 0 Å². The predicted molar refractivity (Wildman–Crippen MR) is 339 cm³/mol. The molecule has 6 heteroatoms. The first-order chi connectivity index (χ1) is 38.5. The second kappa shape index (κ2) is 65.8. The van der Waals surface area contributed by atoms with Gasteiger partial charge < -0.3 is 14.2 Å². The molecule has 0 aromatic rings. The molecule has 0 fully saturated rings. The summed E-state index contributed by atoms with van der Waals surface area (Å²) in [6.45, 7) is 6.43. The van der Waals surface area contributed by atoms with Gasteiger partial charge in [-0.15, -0.1) is 0 Å². The molecule has 0 aliphatic rings. The molecule has 6 nitrogen and oxygen atoms in total. The van der Waals surface area contributed by atoms with Gasteiger partial charge >= 0.3 is 17.9 Å². The highest BCUT2D eigenvalue weighted by molar-refractivity contribution is 5.71. The van der Waals surface area contributed by atoms with Crippen molar-refractivity contribution >= 4 is 17.9 Å². The van der Waals surface area contributed by atoms with E-state index in [9.17, 15) is 14.4 Å². The number of esters is 3. The molecule has 0 rings (SSSR count). The van der Waals surface area contributed by atoms with E-state index < -0.39 is 6.10 Å². The monoisotopic (exact) mass is 1080 g/mol. The molecule has 448 valence electrons. The molecule has 0 amide bonds. The summed E-state index contributed by atoms with van der Waals surface area (Å²) in [6.07, 6.45) is 88.5. The maximum atomic E-state index is 12.9. The van der Waals surface area contributed by atoms with Crippen molar-refractivity contribution in [1.82, 2.24) is 0 Å². The van der Waals surface area contributed by atoms with Gasteiger partial charge in [-0.05, 0) is 116 Å². The second-order valence-electron chi connectivity index (χ2n) is 22.0. The molecule has 1 atom stereocenters. The van der Waals surface area contributed by atoms with Crippen LogP contribution in [-0.2, 0) is 28.6 Å². The molecule has 0 N–H and O–H groups in total. The maximum absolute atomic E-state index is 12.9. The second-order valence-corrected chi connectivity index (χ2v) is 22.0. The minimum Gasteiger partial charge on any atom is -0.462 e. The molecule has 0 spiro atoms. The molecule has 0 saturated carbocycles. The van der Waals surface area contributed by atoms with Crippen LogP contribution in [0.25, 0.3) is 0 Å². The van der Waals surface area contributed by atoms with Crippen molar-refractivity contribution in [1.29, 1.82) is 0 Å².